The second kappa shape index (κ2) is 13.3. The van der Waals surface area contributed by atoms with Crippen LogP contribution in [0.2, 0.25) is 0 Å². The molecule has 2 aliphatic rings. The van der Waals surface area contributed by atoms with Gasteiger partial charge in [0.25, 0.3) is 5.91 Å². The number of ether oxygens (including phenoxy) is 2. The van der Waals surface area contributed by atoms with Gasteiger partial charge in [0.2, 0.25) is 0 Å². The molecule has 0 aromatic rings. The summed E-state index contributed by atoms with van der Waals surface area (Å²) in [7, 11) is 0. The minimum absolute atomic E-state index is 0.251. The number of hydrogen-bond donors (Lipinski definition) is 3. The number of fused-ring (bicyclic) bond motifs is 2. The lowest BCUT2D eigenvalue weighted by atomic mass is 9.75. The molecule has 0 aromatic heterocycles. The Balaban J connectivity index is 1.61. The summed E-state index contributed by atoms with van der Waals surface area (Å²) < 4.78 is 11.0. The molecule has 2 amide bonds. The number of unbranched alkanes of at least 4 members (excludes halogenated alkanes) is 3. The first-order valence-corrected chi connectivity index (χ1v) is 11.2. The largest absolute Gasteiger partial charge is 0.481 e. The summed E-state index contributed by atoms with van der Waals surface area (Å²) in [4.78, 5) is 33.9. The Hall–Kier alpha value is -2.09. The number of alkyl carbamates (subject to hydrolysis) is 1. The van der Waals surface area contributed by atoms with Crippen molar-refractivity contribution in [1.29, 1.82) is 0 Å². The molecule has 3 N–H and O–H groups in total. The molecule has 2 bridgehead atoms. The van der Waals surface area contributed by atoms with Crippen molar-refractivity contribution in [3.05, 3.63) is 12.2 Å². The van der Waals surface area contributed by atoms with Gasteiger partial charge in [0.1, 0.15) is 0 Å². The average Bonchev–Trinajstić information content (AvgIpc) is 3.31. The zero-order chi connectivity index (χ0) is 21.8. The molecule has 2 heterocycles. The molecule has 0 aromatic carbocycles. The van der Waals surface area contributed by atoms with Crippen LogP contribution in [-0.4, -0.2) is 55.0 Å². The number of carboxylic acid groups (broad SMARTS) is 1. The topological polar surface area (TPSA) is 114 Å². The molecule has 170 valence electrons. The van der Waals surface area contributed by atoms with E-state index in [4.69, 9.17) is 14.6 Å². The Kier molecular flexibility index (Phi) is 10.7. The van der Waals surface area contributed by atoms with Crippen molar-refractivity contribution < 1.29 is 29.0 Å². The van der Waals surface area contributed by atoms with Crippen molar-refractivity contribution in [2.24, 2.45) is 11.8 Å². The average molecular weight is 425 g/mol. The second-order valence-electron chi connectivity index (χ2n) is 8.13. The van der Waals surface area contributed by atoms with Gasteiger partial charge in [-0.3, -0.25) is 9.59 Å². The second-order valence-corrected chi connectivity index (χ2v) is 8.13. The molecule has 0 aliphatic carbocycles. The Morgan fingerprint density at radius 2 is 1.73 bits per heavy atom. The molecule has 8 heteroatoms. The van der Waals surface area contributed by atoms with Crippen LogP contribution in [0.4, 0.5) is 4.79 Å². The number of carbonyl (C=O) groups is 3. The molecule has 4 atom stereocenters. The fourth-order valence-electron chi connectivity index (χ4n) is 4.55. The highest BCUT2D eigenvalue weighted by Gasteiger charge is 2.47. The van der Waals surface area contributed by atoms with Crippen LogP contribution in [0.1, 0.15) is 64.7 Å². The van der Waals surface area contributed by atoms with E-state index in [0.717, 1.165) is 51.4 Å². The van der Waals surface area contributed by atoms with E-state index in [1.165, 1.54) is 0 Å². The van der Waals surface area contributed by atoms with Crippen LogP contribution in [0, 0.1) is 11.8 Å². The summed E-state index contributed by atoms with van der Waals surface area (Å²) in [5.74, 6) is -0.0459. The summed E-state index contributed by atoms with van der Waals surface area (Å²) in [6.45, 7) is 2.50. The molecular weight excluding hydrogens is 388 g/mol. The van der Waals surface area contributed by atoms with E-state index in [2.05, 4.69) is 10.6 Å². The van der Waals surface area contributed by atoms with Gasteiger partial charge < -0.3 is 25.2 Å². The standard InChI is InChI=1S/C22H36N2O6/c1-2-3-13-24-22(28)29-15-20(25)23-14-12-17-16(18-10-11-19(17)30-18)8-6-4-5-7-9-21(26)27/h2-3,16-19H,4-15H2,1H3,(H,23,25)(H,24,28)(H,26,27). The van der Waals surface area contributed by atoms with Crippen LogP contribution in [0.5, 0.6) is 0 Å². The molecule has 2 fully saturated rings. The van der Waals surface area contributed by atoms with Gasteiger partial charge in [-0.2, -0.15) is 0 Å². The minimum Gasteiger partial charge on any atom is -0.481 e. The van der Waals surface area contributed by atoms with Crippen LogP contribution in [0.15, 0.2) is 12.2 Å². The number of nitrogens with one attached hydrogen (secondary N) is 2. The highest BCUT2D eigenvalue weighted by molar-refractivity contribution is 5.80. The molecule has 4 unspecified atom stereocenters. The van der Waals surface area contributed by atoms with Crippen LogP contribution < -0.4 is 10.6 Å². The van der Waals surface area contributed by atoms with Crippen molar-refractivity contribution >= 4 is 18.0 Å². The fourth-order valence-corrected chi connectivity index (χ4v) is 4.55. The number of aliphatic carboxylic acids is 1. The third-order valence-corrected chi connectivity index (χ3v) is 6.00. The first-order valence-electron chi connectivity index (χ1n) is 11.2. The van der Waals surface area contributed by atoms with E-state index in [9.17, 15) is 14.4 Å². The Bertz CT molecular complexity index is 594. The number of carbonyl (C=O) groups excluding carboxylic acids is 2. The number of allylic oxidation sites excluding steroid dienone is 1. The number of hydrogen-bond acceptors (Lipinski definition) is 5. The minimum atomic E-state index is -0.724. The molecule has 2 aliphatic heterocycles. The van der Waals surface area contributed by atoms with Gasteiger partial charge in [0.15, 0.2) is 6.61 Å². The van der Waals surface area contributed by atoms with Gasteiger partial charge in [0.05, 0.1) is 12.2 Å². The van der Waals surface area contributed by atoms with Crippen molar-refractivity contribution in [2.45, 2.75) is 76.9 Å². The van der Waals surface area contributed by atoms with Crippen molar-refractivity contribution in [2.75, 3.05) is 19.7 Å². The predicted octanol–water partition coefficient (Wildman–Crippen LogP) is 3.01. The normalized spacial score (nSPS) is 24.8. The predicted molar refractivity (Wildman–Crippen MR) is 112 cm³/mol. The first-order chi connectivity index (χ1) is 14.5. The van der Waals surface area contributed by atoms with Gasteiger partial charge in [-0.1, -0.05) is 31.4 Å². The summed E-state index contributed by atoms with van der Waals surface area (Å²) in [5, 5.41) is 14.1. The molecule has 0 spiro atoms. The van der Waals surface area contributed by atoms with E-state index in [1.54, 1.807) is 6.08 Å². The third kappa shape index (κ3) is 8.34. The lowest BCUT2D eigenvalue weighted by molar-refractivity contribution is -0.137. The Labute approximate surface area is 178 Å². The van der Waals surface area contributed by atoms with Crippen molar-refractivity contribution in [3.63, 3.8) is 0 Å². The van der Waals surface area contributed by atoms with Gasteiger partial charge in [-0.15, -0.1) is 0 Å². The maximum absolute atomic E-state index is 11.9. The van der Waals surface area contributed by atoms with Gasteiger partial charge in [-0.25, -0.2) is 4.79 Å². The summed E-state index contributed by atoms with van der Waals surface area (Å²) in [5.41, 5.74) is 0. The molecule has 2 saturated heterocycles. The molecule has 0 radical (unpaired) electrons. The van der Waals surface area contributed by atoms with Crippen molar-refractivity contribution in [3.8, 4) is 0 Å². The van der Waals surface area contributed by atoms with Crippen LogP contribution in [0.3, 0.4) is 0 Å². The molecular formula is C22H36N2O6. The number of amides is 2. The number of rotatable bonds is 14. The third-order valence-electron chi connectivity index (χ3n) is 6.00. The summed E-state index contributed by atoms with van der Waals surface area (Å²) >= 11 is 0. The fraction of sp³-hybridized carbons (Fsp3) is 0.773. The number of carboxylic acids is 1. The SMILES string of the molecule is CC=CCNC(=O)OCC(=O)NCCC1C2CCC(O2)C1CCCCCCC(=O)O. The Morgan fingerprint density at radius 3 is 2.43 bits per heavy atom. The molecule has 0 saturated carbocycles. The van der Waals surface area contributed by atoms with E-state index >= 15 is 0 Å². The van der Waals surface area contributed by atoms with Crippen molar-refractivity contribution in [1.82, 2.24) is 10.6 Å². The monoisotopic (exact) mass is 424 g/mol. The molecule has 8 nitrogen and oxygen atoms in total. The van der Waals surface area contributed by atoms with Crippen LogP contribution in [-0.2, 0) is 19.1 Å². The highest BCUT2D eigenvalue weighted by Crippen LogP contribution is 2.46. The smallest absolute Gasteiger partial charge is 0.407 e. The Morgan fingerprint density at radius 1 is 1.03 bits per heavy atom. The maximum atomic E-state index is 11.9. The van der Waals surface area contributed by atoms with E-state index in [0.29, 0.717) is 31.0 Å². The van der Waals surface area contributed by atoms with E-state index in [1.807, 2.05) is 13.0 Å². The quantitative estimate of drug-likeness (QED) is 0.292. The van der Waals surface area contributed by atoms with Crippen LogP contribution >= 0.6 is 0 Å². The zero-order valence-electron chi connectivity index (χ0n) is 17.9. The maximum Gasteiger partial charge on any atom is 0.407 e. The van der Waals surface area contributed by atoms with E-state index < -0.39 is 12.1 Å². The lowest BCUT2D eigenvalue weighted by Crippen LogP contribution is -2.35. The lowest BCUT2D eigenvalue weighted by Gasteiger charge is -2.28. The molecule has 2 rings (SSSR count). The summed E-state index contributed by atoms with van der Waals surface area (Å²) in [6.07, 6.45) is 11.9. The van der Waals surface area contributed by atoms with Gasteiger partial charge in [-0.05, 0) is 50.9 Å². The summed E-state index contributed by atoms with van der Waals surface area (Å²) in [6, 6.07) is 0. The first kappa shape index (κ1) is 24.2. The zero-order valence-corrected chi connectivity index (χ0v) is 17.9. The van der Waals surface area contributed by atoms with Gasteiger partial charge >= 0.3 is 12.1 Å². The molecule has 30 heavy (non-hydrogen) atoms. The van der Waals surface area contributed by atoms with Crippen LogP contribution in [0.25, 0.3) is 0 Å². The highest BCUT2D eigenvalue weighted by atomic mass is 16.6. The van der Waals surface area contributed by atoms with Gasteiger partial charge in [0, 0.05) is 19.5 Å². The van der Waals surface area contributed by atoms with E-state index in [-0.39, 0.29) is 25.0 Å².